The number of aromatic nitrogens is 4. The largest absolute Gasteiger partial charge is 0.790 e. The Morgan fingerprint density at radius 3 is 2.10 bits per heavy atom. The number of amides is 2. The summed E-state index contributed by atoms with van der Waals surface area (Å²) in [6, 6.07) is 0. The zero-order valence-corrected chi connectivity index (χ0v) is 44.9. The zero-order valence-electron chi connectivity index (χ0n) is 41.4. The lowest BCUT2D eigenvalue weighted by atomic mass is 9.87. The van der Waals surface area contributed by atoms with Gasteiger partial charge >= 0.3 is 0 Å². The molecular weight excluding hydrogens is 1040 g/mol. The lowest BCUT2D eigenvalue weighted by Crippen LogP contribution is -2.46. The smallest absolute Gasteiger partial charge is 0.274 e. The van der Waals surface area contributed by atoms with Crippen LogP contribution in [-0.2, 0) is 50.7 Å². The van der Waals surface area contributed by atoms with Crippen molar-refractivity contribution in [1.29, 1.82) is 0 Å². The number of hydrogen-bond acceptors (Lipinski definition) is 22. The predicted molar refractivity (Wildman–Crippen MR) is 265 cm³/mol. The van der Waals surface area contributed by atoms with Crippen LogP contribution >= 0.6 is 35.2 Å². The summed E-state index contributed by atoms with van der Waals surface area (Å²) in [6.07, 6.45) is 24.5. The lowest BCUT2D eigenvalue weighted by Gasteiger charge is -2.36. The molecule has 0 radical (unpaired) electrons. The van der Waals surface area contributed by atoms with Gasteiger partial charge in [-0.15, -0.1) is 0 Å². The van der Waals surface area contributed by atoms with E-state index in [9.17, 15) is 57.9 Å². The number of phosphoric acid groups is 3. The van der Waals surface area contributed by atoms with Crippen LogP contribution in [0.2, 0.25) is 0 Å². The van der Waals surface area contributed by atoms with Gasteiger partial charge in [0.15, 0.2) is 22.8 Å². The lowest BCUT2D eigenvalue weighted by molar-refractivity contribution is -0.347. The minimum Gasteiger partial charge on any atom is -0.790 e. The molecule has 2 amide bonds. The molecule has 7 atom stereocenters. The maximum Gasteiger partial charge on any atom is 0.274 e. The number of aliphatic hydroxyl groups excluding tert-OH is 2. The zero-order chi connectivity index (χ0) is 53.9. The van der Waals surface area contributed by atoms with Crippen molar-refractivity contribution >= 4 is 69.1 Å². The summed E-state index contributed by atoms with van der Waals surface area (Å²) < 4.78 is 60.9. The molecule has 1 aliphatic rings. The Kier molecular flexibility index (Phi) is 28.7. The normalized spacial score (nSPS) is 19.8. The molecule has 3 heterocycles. The number of aliphatic hydroxyl groups is 2. The minimum absolute atomic E-state index is 0.0198. The fourth-order valence-electron chi connectivity index (χ4n) is 7.03. The van der Waals surface area contributed by atoms with Gasteiger partial charge in [-0.1, -0.05) is 120 Å². The van der Waals surface area contributed by atoms with Gasteiger partial charge in [-0.3, -0.25) is 28.1 Å². The van der Waals surface area contributed by atoms with Crippen molar-refractivity contribution in [1.82, 2.24) is 30.2 Å². The van der Waals surface area contributed by atoms with Crippen molar-refractivity contribution in [2.24, 2.45) is 5.41 Å². The molecular formula is C45H70N7O17P3S-4. The summed E-state index contributed by atoms with van der Waals surface area (Å²) in [5, 5.41) is 26.5. The summed E-state index contributed by atoms with van der Waals surface area (Å²) in [5.41, 5.74) is 4.09. The van der Waals surface area contributed by atoms with Crippen LogP contribution in [0.25, 0.3) is 11.2 Å². The van der Waals surface area contributed by atoms with E-state index in [0.29, 0.717) is 12.2 Å². The Balaban J connectivity index is 1.24. The van der Waals surface area contributed by atoms with E-state index >= 15 is 0 Å². The molecule has 3 rings (SSSR count). The third-order valence-corrected chi connectivity index (χ3v) is 14.9. The Morgan fingerprint density at radius 1 is 0.849 bits per heavy atom. The number of nitrogen functional groups attached to an aromatic ring is 1. The van der Waals surface area contributed by atoms with Gasteiger partial charge in [0, 0.05) is 37.1 Å². The van der Waals surface area contributed by atoms with Gasteiger partial charge in [0.2, 0.25) is 11.8 Å². The van der Waals surface area contributed by atoms with E-state index in [0.717, 1.165) is 86.8 Å². The first kappa shape index (κ1) is 63.8. The molecule has 2 unspecified atom stereocenters. The van der Waals surface area contributed by atoms with Crippen molar-refractivity contribution in [3.05, 3.63) is 61.3 Å². The van der Waals surface area contributed by atoms with Gasteiger partial charge in [0.25, 0.3) is 15.6 Å². The molecule has 1 saturated heterocycles. The van der Waals surface area contributed by atoms with Gasteiger partial charge < -0.3 is 69.0 Å². The average molecular weight is 1110 g/mol. The van der Waals surface area contributed by atoms with E-state index in [-0.39, 0.29) is 41.6 Å². The first-order valence-corrected chi connectivity index (χ1v) is 29.5. The Bertz CT molecular complexity index is 2300. The first-order valence-electron chi connectivity index (χ1n) is 24.1. The minimum atomic E-state index is -5.92. The van der Waals surface area contributed by atoms with Crippen molar-refractivity contribution in [2.45, 2.75) is 148 Å². The standard InChI is InChI=1S/C45H74N7O17P3S/c1-4-5-6-7-8-9-10-11-12-13-14-15-16-17-18-19-20-21-22-23-24-25-36(54)73-29-28-47-35(53)26-27-48-43(57)40(56)45(2,3)31-66-72(63,64)69-71(61,62)65-30-34-39(68-70(58,59)60)38(55)44(67-34)52-33-51-37-41(46)49-32-50-42(37)52/h5-6,8-9,11-12,14-15,32-34,38-40,44,55-56H,4,7,10,13,16-31H2,1-3H3,(H,47,53)(H,48,57)(H,61,62)(H,63,64)(H2,46,49,50)(H2,58,59,60)/p-4/b6-5-,9-8-,12-11-,15-14-/t34-,38-,39-,40+,44-/m1/s1. The molecule has 1 aliphatic heterocycles. The van der Waals surface area contributed by atoms with Crippen molar-refractivity contribution < 1.29 is 80.5 Å². The molecule has 0 spiro atoms. The summed E-state index contributed by atoms with van der Waals surface area (Å²) >= 11 is 1.14. The highest BCUT2D eigenvalue weighted by molar-refractivity contribution is 8.13. The predicted octanol–water partition coefficient (Wildman–Crippen LogP) is 3.84. The van der Waals surface area contributed by atoms with E-state index in [1.165, 1.54) is 39.5 Å². The fraction of sp³-hybridized carbons (Fsp3) is 0.644. The molecule has 28 heteroatoms. The maximum absolute atomic E-state index is 12.7. The molecule has 73 heavy (non-hydrogen) atoms. The number of imidazole rings is 1. The first-order chi connectivity index (χ1) is 34.6. The summed E-state index contributed by atoms with van der Waals surface area (Å²) in [5.74, 6) is -1.15. The Hall–Kier alpha value is -3.48. The van der Waals surface area contributed by atoms with E-state index in [2.05, 4.69) is 99.0 Å². The van der Waals surface area contributed by atoms with E-state index < -0.39 is 84.6 Å². The van der Waals surface area contributed by atoms with Crippen LogP contribution in [-0.4, -0.2) is 103 Å². The third kappa shape index (κ3) is 25.3. The quantitative estimate of drug-likeness (QED) is 0.0364. The SMILES string of the molecule is CC/C=C\C/C=C\C/C=C\C/C=C\CCCCCCCCCCC(=O)SCCNC(=O)CCNC(=O)[C@H](O)C(C)(C)COP(=O)([O-])OP(=O)([O-])OC[C@H]1O[C@@H](n2cnc3c(N)ncnc32)[C@H](O)[C@@H]1OP(=O)([O-])[O-]. The number of nitrogens with two attached hydrogens (primary N) is 1. The van der Waals surface area contributed by atoms with Crippen LogP contribution in [0.1, 0.15) is 123 Å². The van der Waals surface area contributed by atoms with Crippen LogP contribution in [0, 0.1) is 5.41 Å². The van der Waals surface area contributed by atoms with Crippen molar-refractivity contribution in [3.8, 4) is 0 Å². The number of allylic oxidation sites excluding steroid dienone is 8. The number of fused-ring (bicyclic) bond motifs is 1. The second kappa shape index (κ2) is 32.8. The van der Waals surface area contributed by atoms with Crippen molar-refractivity contribution in [3.63, 3.8) is 0 Å². The molecule has 1 fully saturated rings. The molecule has 412 valence electrons. The number of carbonyl (C=O) groups excluding carboxylic acids is 3. The Morgan fingerprint density at radius 2 is 1.45 bits per heavy atom. The molecule has 2 aromatic rings. The van der Waals surface area contributed by atoms with Gasteiger partial charge in [0.1, 0.15) is 36.3 Å². The Labute approximate surface area is 430 Å². The third-order valence-electron chi connectivity index (χ3n) is 11.0. The van der Waals surface area contributed by atoms with Gasteiger partial charge in [0.05, 0.1) is 27.4 Å². The fourth-order valence-corrected chi connectivity index (χ4v) is 10.5. The topological polar surface area (TPSA) is 375 Å². The second-order valence-electron chi connectivity index (χ2n) is 17.6. The molecule has 0 saturated carbocycles. The van der Waals surface area contributed by atoms with Crippen LogP contribution in [0.4, 0.5) is 5.82 Å². The number of phosphoric ester groups is 3. The van der Waals surface area contributed by atoms with Gasteiger partial charge in [-0.25, -0.2) is 19.3 Å². The number of nitrogens with one attached hydrogen (secondary N) is 2. The van der Waals surface area contributed by atoms with Crippen LogP contribution in [0.3, 0.4) is 0 Å². The number of carbonyl (C=O) groups is 3. The molecule has 24 nitrogen and oxygen atoms in total. The maximum atomic E-state index is 12.7. The van der Waals surface area contributed by atoms with Crippen LogP contribution in [0.15, 0.2) is 61.3 Å². The highest BCUT2D eigenvalue weighted by atomic mass is 32.2. The number of hydrogen-bond donors (Lipinski definition) is 5. The molecule has 2 aromatic heterocycles. The summed E-state index contributed by atoms with van der Waals surface area (Å²) in [4.78, 5) is 97.0. The van der Waals surface area contributed by atoms with Gasteiger partial charge in [-0.2, -0.15) is 0 Å². The van der Waals surface area contributed by atoms with E-state index in [1.54, 1.807) is 0 Å². The monoisotopic (exact) mass is 1110 g/mol. The number of anilines is 1. The molecule has 0 bridgehead atoms. The summed E-state index contributed by atoms with van der Waals surface area (Å²) in [6.45, 7) is 2.29. The molecule has 6 N–H and O–H groups in total. The van der Waals surface area contributed by atoms with E-state index in [4.69, 9.17) is 10.5 Å². The summed E-state index contributed by atoms with van der Waals surface area (Å²) in [7, 11) is -17.6. The number of ether oxygens (including phenoxy) is 1. The number of rotatable bonds is 37. The second-order valence-corrected chi connectivity index (χ2v) is 22.8. The van der Waals surface area contributed by atoms with Crippen LogP contribution < -0.4 is 35.9 Å². The average Bonchev–Trinajstić information content (AvgIpc) is 3.88. The highest BCUT2D eigenvalue weighted by Crippen LogP contribution is 2.56. The van der Waals surface area contributed by atoms with Gasteiger partial charge in [-0.05, 0) is 44.9 Å². The molecule has 0 aliphatic carbocycles. The highest BCUT2D eigenvalue weighted by Gasteiger charge is 2.47. The number of thioether (sulfide) groups is 1. The van der Waals surface area contributed by atoms with Crippen LogP contribution in [0.5, 0.6) is 0 Å². The van der Waals surface area contributed by atoms with E-state index in [1.807, 2.05) is 0 Å². The number of nitrogens with zero attached hydrogens (tertiary/aromatic N) is 4. The van der Waals surface area contributed by atoms with Crippen molar-refractivity contribution in [2.75, 3.05) is 37.8 Å². The number of unbranched alkanes of at least 4 members (excludes halogenated alkanes) is 8. The molecule has 0 aromatic carbocycles.